The molecule has 0 saturated heterocycles. The molecule has 94 valence electrons. The molecule has 2 amide bonds. The van der Waals surface area contributed by atoms with Gasteiger partial charge in [0.1, 0.15) is 6.61 Å². The lowest BCUT2D eigenvalue weighted by atomic mass is 10.00. The van der Waals surface area contributed by atoms with E-state index in [1.54, 1.807) is 0 Å². The monoisotopic (exact) mass is 231 g/mol. The number of nitrogens with two attached hydrogens (primary N) is 2. The predicted molar refractivity (Wildman–Crippen MR) is 60.5 cm³/mol. The second-order valence-corrected chi connectivity index (χ2v) is 4.36. The Bertz CT molecular complexity index is 236. The molecule has 6 nitrogen and oxygen atoms in total. The first kappa shape index (κ1) is 14.9. The lowest BCUT2D eigenvalue weighted by molar-refractivity contribution is -0.122. The van der Waals surface area contributed by atoms with Crippen LogP contribution < -0.4 is 16.8 Å². The molecule has 0 rings (SSSR count). The summed E-state index contributed by atoms with van der Waals surface area (Å²) >= 11 is 0. The van der Waals surface area contributed by atoms with Crippen LogP contribution in [0.3, 0.4) is 0 Å². The number of carbonyl (C=O) groups is 2. The van der Waals surface area contributed by atoms with Crippen molar-refractivity contribution in [1.82, 2.24) is 5.32 Å². The Morgan fingerprint density at radius 2 is 2.00 bits per heavy atom. The predicted octanol–water partition coefficient (Wildman–Crippen LogP) is -0.878. The fraction of sp³-hybridized carbons (Fsp3) is 0.800. The van der Waals surface area contributed by atoms with Gasteiger partial charge in [0.25, 0.3) is 0 Å². The van der Waals surface area contributed by atoms with Crippen molar-refractivity contribution in [2.24, 2.45) is 11.5 Å². The van der Waals surface area contributed by atoms with Gasteiger partial charge in [-0.2, -0.15) is 0 Å². The van der Waals surface area contributed by atoms with Crippen molar-refractivity contribution in [3.05, 3.63) is 0 Å². The molecule has 0 atom stereocenters. The summed E-state index contributed by atoms with van der Waals surface area (Å²) in [4.78, 5) is 21.6. The van der Waals surface area contributed by atoms with Crippen molar-refractivity contribution in [3.8, 4) is 0 Å². The highest BCUT2D eigenvalue weighted by Gasteiger charge is 2.12. The molecule has 0 aromatic heterocycles. The molecule has 5 N–H and O–H groups in total. The third-order valence-corrected chi connectivity index (χ3v) is 1.81. The lowest BCUT2D eigenvalue weighted by Gasteiger charge is -2.17. The fourth-order valence-corrected chi connectivity index (χ4v) is 0.959. The Balaban J connectivity index is 3.41. The average molecular weight is 231 g/mol. The van der Waals surface area contributed by atoms with Gasteiger partial charge in [-0.1, -0.05) is 0 Å². The maximum Gasteiger partial charge on any atom is 0.243 e. The van der Waals surface area contributed by atoms with E-state index in [0.29, 0.717) is 19.4 Å². The molecule has 0 aliphatic carbocycles. The Kier molecular flexibility index (Phi) is 6.67. The second-order valence-electron chi connectivity index (χ2n) is 4.36. The van der Waals surface area contributed by atoms with Crippen LogP contribution in [0.1, 0.15) is 26.7 Å². The summed E-state index contributed by atoms with van der Waals surface area (Å²) in [6.45, 7) is 4.27. The van der Waals surface area contributed by atoms with Crippen LogP contribution >= 0.6 is 0 Å². The fourth-order valence-electron chi connectivity index (χ4n) is 0.959. The minimum Gasteiger partial charge on any atom is -0.370 e. The largest absolute Gasteiger partial charge is 0.370 e. The van der Waals surface area contributed by atoms with Crippen molar-refractivity contribution in [3.63, 3.8) is 0 Å². The van der Waals surface area contributed by atoms with Gasteiger partial charge in [-0.15, -0.1) is 0 Å². The summed E-state index contributed by atoms with van der Waals surface area (Å²) in [6, 6.07) is 0. The average Bonchev–Trinajstić information content (AvgIpc) is 2.12. The van der Waals surface area contributed by atoms with Crippen molar-refractivity contribution >= 4 is 11.8 Å². The second kappa shape index (κ2) is 7.19. The molecule has 0 aromatic carbocycles. The van der Waals surface area contributed by atoms with Crippen LogP contribution in [0.25, 0.3) is 0 Å². The number of nitrogens with one attached hydrogen (secondary N) is 1. The third kappa shape index (κ3) is 10.9. The zero-order valence-corrected chi connectivity index (χ0v) is 9.91. The molecule has 0 aromatic rings. The van der Waals surface area contributed by atoms with Gasteiger partial charge in [-0.25, -0.2) is 0 Å². The molecule has 0 saturated carbocycles. The van der Waals surface area contributed by atoms with Crippen molar-refractivity contribution in [2.75, 3.05) is 19.8 Å². The van der Waals surface area contributed by atoms with Crippen molar-refractivity contribution < 1.29 is 14.3 Å². The van der Waals surface area contributed by atoms with Gasteiger partial charge in [0, 0.05) is 18.5 Å². The number of hydrogen-bond acceptors (Lipinski definition) is 4. The highest BCUT2D eigenvalue weighted by molar-refractivity contribution is 5.76. The number of rotatable bonds is 8. The third-order valence-electron chi connectivity index (χ3n) is 1.81. The van der Waals surface area contributed by atoms with Gasteiger partial charge in [-0.05, 0) is 20.3 Å². The summed E-state index contributed by atoms with van der Waals surface area (Å²) in [5.41, 5.74) is 10.3. The number of amides is 2. The van der Waals surface area contributed by atoms with Crippen molar-refractivity contribution in [2.45, 2.75) is 32.2 Å². The van der Waals surface area contributed by atoms with Gasteiger partial charge < -0.3 is 21.5 Å². The Morgan fingerprint density at radius 1 is 1.38 bits per heavy atom. The molecule has 16 heavy (non-hydrogen) atoms. The molecule has 0 radical (unpaired) electrons. The Morgan fingerprint density at radius 3 is 2.50 bits per heavy atom. The maximum absolute atomic E-state index is 11.3. The van der Waals surface area contributed by atoms with Crippen LogP contribution in [0.4, 0.5) is 0 Å². The normalized spacial score (nSPS) is 11.2. The summed E-state index contributed by atoms with van der Waals surface area (Å²) in [5.74, 6) is -0.586. The van der Waals surface area contributed by atoms with E-state index in [1.807, 2.05) is 13.8 Å². The Labute approximate surface area is 95.7 Å². The lowest BCUT2D eigenvalue weighted by Crippen LogP contribution is -2.35. The molecular formula is C10H21N3O3. The summed E-state index contributed by atoms with van der Waals surface area (Å²) in [7, 11) is 0. The van der Waals surface area contributed by atoms with Crippen LogP contribution in [0.15, 0.2) is 0 Å². The molecule has 0 bridgehead atoms. The van der Waals surface area contributed by atoms with Gasteiger partial charge in [-0.3, -0.25) is 9.59 Å². The highest BCUT2D eigenvalue weighted by atomic mass is 16.5. The van der Waals surface area contributed by atoms with E-state index in [0.717, 1.165) is 0 Å². The van der Waals surface area contributed by atoms with E-state index >= 15 is 0 Å². The summed E-state index contributed by atoms with van der Waals surface area (Å²) < 4.78 is 4.88. The minimum absolute atomic E-state index is 0.0683. The molecule has 0 aliphatic rings. The zero-order valence-electron chi connectivity index (χ0n) is 9.91. The number of ether oxygens (including phenoxy) is 1. The minimum atomic E-state index is -0.517. The van der Waals surface area contributed by atoms with E-state index in [1.165, 1.54) is 0 Å². The first-order valence-electron chi connectivity index (χ1n) is 5.23. The van der Waals surface area contributed by atoms with Gasteiger partial charge >= 0.3 is 0 Å². The first-order chi connectivity index (χ1) is 7.31. The van der Waals surface area contributed by atoms with Crippen LogP contribution in [0, 0.1) is 0 Å². The summed E-state index contributed by atoms with van der Waals surface area (Å²) in [6.07, 6.45) is 1.01. The standard InChI is InChI=1S/C10H21N3O3/c1-10(2,12)4-3-9(15)13-5-6-16-7-8(11)14/h3-7,12H2,1-2H3,(H2,11,14)(H,13,15). The number of carbonyl (C=O) groups excluding carboxylic acids is 2. The number of hydrogen-bond donors (Lipinski definition) is 3. The molecule has 0 unspecified atom stereocenters. The van der Waals surface area contributed by atoms with Gasteiger partial charge in [0.15, 0.2) is 0 Å². The van der Waals surface area contributed by atoms with E-state index in [-0.39, 0.29) is 24.7 Å². The molecule has 0 heterocycles. The molecular weight excluding hydrogens is 210 g/mol. The quantitative estimate of drug-likeness (QED) is 0.471. The van der Waals surface area contributed by atoms with Gasteiger partial charge in [0.2, 0.25) is 11.8 Å². The zero-order chi connectivity index (χ0) is 12.6. The van der Waals surface area contributed by atoms with Gasteiger partial charge in [0.05, 0.1) is 6.61 Å². The van der Waals surface area contributed by atoms with Crippen LogP contribution in [-0.2, 0) is 14.3 Å². The summed E-state index contributed by atoms with van der Waals surface area (Å²) in [5, 5.41) is 2.66. The SMILES string of the molecule is CC(C)(N)CCC(=O)NCCOCC(N)=O. The maximum atomic E-state index is 11.3. The number of primary amides is 1. The van der Waals surface area contributed by atoms with Crippen LogP contribution in [0.2, 0.25) is 0 Å². The molecule has 0 fully saturated rings. The highest BCUT2D eigenvalue weighted by Crippen LogP contribution is 2.06. The van der Waals surface area contributed by atoms with E-state index in [9.17, 15) is 9.59 Å². The molecule has 0 spiro atoms. The Hall–Kier alpha value is -1.14. The van der Waals surface area contributed by atoms with E-state index in [4.69, 9.17) is 16.2 Å². The first-order valence-corrected chi connectivity index (χ1v) is 5.23. The molecule has 6 heteroatoms. The smallest absolute Gasteiger partial charge is 0.243 e. The van der Waals surface area contributed by atoms with E-state index in [2.05, 4.69) is 5.32 Å². The van der Waals surface area contributed by atoms with Crippen molar-refractivity contribution in [1.29, 1.82) is 0 Å². The van der Waals surface area contributed by atoms with E-state index < -0.39 is 5.91 Å². The molecule has 0 aliphatic heterocycles. The van der Waals surface area contributed by atoms with Crippen LogP contribution in [-0.4, -0.2) is 37.1 Å². The van der Waals surface area contributed by atoms with Crippen LogP contribution in [0.5, 0.6) is 0 Å². The topological polar surface area (TPSA) is 107 Å².